The molecule has 0 aliphatic carbocycles. The zero-order valence-corrected chi connectivity index (χ0v) is 14.2. The minimum Gasteiger partial charge on any atom is -0.383 e. The van der Waals surface area contributed by atoms with E-state index in [1.54, 1.807) is 37.4 Å². The number of methoxy groups -OCH3 is 1. The van der Waals surface area contributed by atoms with Gasteiger partial charge in [-0.05, 0) is 26.0 Å². The molecular formula is C15H25N3O3S. The average Bonchev–Trinajstić information content (AvgIpc) is 2.48. The molecular weight excluding hydrogens is 302 g/mol. The van der Waals surface area contributed by atoms with Crippen molar-refractivity contribution in [3.8, 4) is 0 Å². The predicted octanol–water partition coefficient (Wildman–Crippen LogP) is 1.05. The molecule has 0 saturated heterocycles. The molecule has 0 aliphatic rings. The van der Waals surface area contributed by atoms with E-state index in [1.165, 1.54) is 0 Å². The first-order chi connectivity index (χ1) is 10.5. The van der Waals surface area contributed by atoms with Crippen LogP contribution in [0.4, 0.5) is 0 Å². The molecule has 1 aromatic carbocycles. The Kier molecular flexibility index (Phi) is 7.90. The van der Waals surface area contributed by atoms with Crippen LogP contribution in [0.25, 0.3) is 0 Å². The Morgan fingerprint density at radius 2 is 2.00 bits per heavy atom. The molecule has 0 saturated carbocycles. The second-order valence-corrected chi connectivity index (χ2v) is 7.00. The molecule has 0 heterocycles. The molecule has 0 spiro atoms. The third-order valence-corrected chi connectivity index (χ3v) is 4.59. The molecule has 7 heteroatoms. The fourth-order valence-electron chi connectivity index (χ4n) is 1.87. The molecule has 1 unspecified atom stereocenters. The van der Waals surface area contributed by atoms with E-state index in [4.69, 9.17) is 4.74 Å². The van der Waals surface area contributed by atoms with Gasteiger partial charge in [0.25, 0.3) is 0 Å². The topological polar surface area (TPSA) is 79.8 Å². The van der Waals surface area contributed by atoms with E-state index < -0.39 is 9.84 Å². The number of hydrogen-bond donors (Lipinski definition) is 2. The normalized spacial score (nSPS) is 13.7. The van der Waals surface area contributed by atoms with Gasteiger partial charge >= 0.3 is 0 Å². The van der Waals surface area contributed by atoms with E-state index >= 15 is 0 Å². The van der Waals surface area contributed by atoms with Crippen molar-refractivity contribution in [1.82, 2.24) is 10.6 Å². The van der Waals surface area contributed by atoms with Crippen molar-refractivity contribution in [2.45, 2.75) is 24.8 Å². The SMILES string of the molecule is CCNC(=NCCS(=O)(=O)c1ccccc1)NC(C)COC. The monoisotopic (exact) mass is 327 g/mol. The second-order valence-electron chi connectivity index (χ2n) is 4.89. The van der Waals surface area contributed by atoms with Crippen molar-refractivity contribution in [1.29, 1.82) is 0 Å². The number of nitrogens with zero attached hydrogens (tertiary/aromatic N) is 1. The molecule has 6 nitrogen and oxygen atoms in total. The van der Waals surface area contributed by atoms with Crippen LogP contribution in [0, 0.1) is 0 Å². The summed E-state index contributed by atoms with van der Waals surface area (Å²) in [5.74, 6) is 0.571. The fraction of sp³-hybridized carbons (Fsp3) is 0.533. The standard InChI is InChI=1S/C15H25N3O3S/c1-4-16-15(18-13(2)12-21-3)17-10-11-22(19,20)14-8-6-5-7-9-14/h5-9,13H,4,10-12H2,1-3H3,(H2,16,17,18). The van der Waals surface area contributed by atoms with Gasteiger partial charge in [-0.25, -0.2) is 8.42 Å². The zero-order valence-electron chi connectivity index (χ0n) is 13.4. The van der Waals surface area contributed by atoms with Crippen molar-refractivity contribution >= 4 is 15.8 Å². The molecule has 0 amide bonds. The van der Waals surface area contributed by atoms with Gasteiger partial charge in [0.2, 0.25) is 0 Å². The third kappa shape index (κ3) is 6.44. The number of sulfone groups is 1. The summed E-state index contributed by atoms with van der Waals surface area (Å²) in [4.78, 5) is 4.64. The number of aliphatic imine (C=N–C) groups is 1. The minimum atomic E-state index is -3.30. The summed E-state index contributed by atoms with van der Waals surface area (Å²) >= 11 is 0. The van der Waals surface area contributed by atoms with Crippen molar-refractivity contribution in [3.05, 3.63) is 30.3 Å². The van der Waals surface area contributed by atoms with Gasteiger partial charge in [0.1, 0.15) is 0 Å². The maximum Gasteiger partial charge on any atom is 0.191 e. The van der Waals surface area contributed by atoms with Gasteiger partial charge in [-0.2, -0.15) is 0 Å². The Morgan fingerprint density at radius 3 is 2.59 bits per heavy atom. The Balaban J connectivity index is 2.63. The Morgan fingerprint density at radius 1 is 1.32 bits per heavy atom. The summed E-state index contributed by atoms with van der Waals surface area (Å²) in [6.07, 6.45) is 0. The average molecular weight is 327 g/mol. The quantitative estimate of drug-likeness (QED) is 0.551. The molecule has 2 N–H and O–H groups in total. The van der Waals surface area contributed by atoms with Gasteiger partial charge in [0.05, 0.1) is 23.8 Å². The first-order valence-electron chi connectivity index (χ1n) is 7.31. The molecule has 0 fully saturated rings. The molecule has 0 aliphatic heterocycles. The van der Waals surface area contributed by atoms with E-state index in [1.807, 2.05) is 13.8 Å². The lowest BCUT2D eigenvalue weighted by Gasteiger charge is -2.16. The second kappa shape index (κ2) is 9.42. The lowest BCUT2D eigenvalue weighted by molar-refractivity contribution is 0.179. The van der Waals surface area contributed by atoms with E-state index in [0.29, 0.717) is 24.0 Å². The number of ether oxygens (including phenoxy) is 1. The summed E-state index contributed by atoms with van der Waals surface area (Å²) in [6, 6.07) is 8.52. The van der Waals surface area contributed by atoms with Gasteiger partial charge in [-0.3, -0.25) is 4.99 Å². The van der Waals surface area contributed by atoms with E-state index in [2.05, 4.69) is 15.6 Å². The first-order valence-corrected chi connectivity index (χ1v) is 8.96. The van der Waals surface area contributed by atoms with Crippen LogP contribution in [0.2, 0.25) is 0 Å². The highest BCUT2D eigenvalue weighted by molar-refractivity contribution is 7.91. The van der Waals surface area contributed by atoms with E-state index in [-0.39, 0.29) is 18.3 Å². The highest BCUT2D eigenvalue weighted by Crippen LogP contribution is 2.09. The van der Waals surface area contributed by atoms with Crippen molar-refractivity contribution in [2.24, 2.45) is 4.99 Å². The van der Waals surface area contributed by atoms with Crippen LogP contribution in [-0.4, -0.2) is 53.0 Å². The predicted molar refractivity (Wildman–Crippen MR) is 88.9 cm³/mol. The fourth-order valence-corrected chi connectivity index (χ4v) is 3.01. The number of benzene rings is 1. The maximum atomic E-state index is 12.2. The Labute approximate surface area is 132 Å². The number of hydrogen-bond acceptors (Lipinski definition) is 4. The molecule has 124 valence electrons. The van der Waals surface area contributed by atoms with Crippen molar-refractivity contribution < 1.29 is 13.2 Å². The van der Waals surface area contributed by atoms with Gasteiger partial charge in [-0.1, -0.05) is 18.2 Å². The Hall–Kier alpha value is -1.60. The molecule has 0 bridgehead atoms. The van der Waals surface area contributed by atoms with E-state index in [0.717, 1.165) is 0 Å². The van der Waals surface area contributed by atoms with Crippen LogP contribution in [-0.2, 0) is 14.6 Å². The van der Waals surface area contributed by atoms with Gasteiger partial charge < -0.3 is 15.4 Å². The lowest BCUT2D eigenvalue weighted by atomic mass is 10.4. The van der Waals surface area contributed by atoms with Crippen molar-refractivity contribution in [3.63, 3.8) is 0 Å². The molecule has 22 heavy (non-hydrogen) atoms. The highest BCUT2D eigenvalue weighted by atomic mass is 32.2. The number of rotatable bonds is 8. The summed E-state index contributed by atoms with van der Waals surface area (Å²) in [7, 11) is -1.66. The lowest BCUT2D eigenvalue weighted by Crippen LogP contribution is -2.44. The van der Waals surface area contributed by atoms with Gasteiger partial charge in [0.15, 0.2) is 15.8 Å². The zero-order chi connectivity index (χ0) is 16.4. The third-order valence-electron chi connectivity index (χ3n) is 2.88. The summed E-state index contributed by atoms with van der Waals surface area (Å²) in [5, 5.41) is 6.25. The summed E-state index contributed by atoms with van der Waals surface area (Å²) in [5.41, 5.74) is 0. The van der Waals surface area contributed by atoms with Crippen LogP contribution in [0.5, 0.6) is 0 Å². The molecule has 1 aromatic rings. The molecule has 0 radical (unpaired) electrons. The van der Waals surface area contributed by atoms with Crippen molar-refractivity contribution in [2.75, 3.05) is 32.6 Å². The molecule has 1 rings (SSSR count). The number of nitrogens with one attached hydrogen (secondary N) is 2. The maximum absolute atomic E-state index is 12.2. The first kappa shape index (κ1) is 18.4. The van der Waals surface area contributed by atoms with E-state index in [9.17, 15) is 8.42 Å². The van der Waals surface area contributed by atoms with Crippen LogP contribution in [0.15, 0.2) is 40.2 Å². The van der Waals surface area contributed by atoms with Gasteiger partial charge in [-0.15, -0.1) is 0 Å². The van der Waals surface area contributed by atoms with Gasteiger partial charge in [0, 0.05) is 19.7 Å². The number of guanidine groups is 1. The Bertz CT molecular complexity index is 559. The molecule has 1 atom stereocenters. The van der Waals surface area contributed by atoms with Crippen LogP contribution in [0.3, 0.4) is 0 Å². The smallest absolute Gasteiger partial charge is 0.191 e. The summed E-state index contributed by atoms with van der Waals surface area (Å²) in [6.45, 7) is 5.38. The highest BCUT2D eigenvalue weighted by Gasteiger charge is 2.13. The summed E-state index contributed by atoms with van der Waals surface area (Å²) < 4.78 is 29.4. The molecule has 0 aromatic heterocycles. The van der Waals surface area contributed by atoms with Crippen LogP contribution >= 0.6 is 0 Å². The van der Waals surface area contributed by atoms with Crippen LogP contribution in [0.1, 0.15) is 13.8 Å². The van der Waals surface area contributed by atoms with Crippen LogP contribution < -0.4 is 10.6 Å². The largest absolute Gasteiger partial charge is 0.383 e. The minimum absolute atomic E-state index is 0.0216.